The van der Waals surface area contributed by atoms with Crippen molar-refractivity contribution in [3.8, 4) is 5.69 Å². The highest BCUT2D eigenvalue weighted by Gasteiger charge is 2.03. The highest BCUT2D eigenvalue weighted by molar-refractivity contribution is 5.35. The third-order valence-electron chi connectivity index (χ3n) is 2.42. The first-order chi connectivity index (χ1) is 7.35. The molecular weight excluding hydrogens is 188 g/mol. The summed E-state index contributed by atoms with van der Waals surface area (Å²) in [7, 11) is 0. The maximum Gasteiger partial charge on any atom is 0.151 e. The number of nitrogens with two attached hydrogens (primary N) is 1. The molecule has 0 aliphatic carbocycles. The van der Waals surface area contributed by atoms with E-state index in [1.165, 1.54) is 5.56 Å². The Morgan fingerprint density at radius 3 is 2.60 bits per heavy atom. The number of benzene rings is 1. The normalized spacial score (nSPS) is 10.5. The van der Waals surface area contributed by atoms with Crippen LogP contribution in [0.1, 0.15) is 18.3 Å². The maximum absolute atomic E-state index is 5.57. The topological polar surface area (TPSA) is 56.7 Å². The third-order valence-corrected chi connectivity index (χ3v) is 2.42. The molecule has 1 aromatic carbocycles. The Morgan fingerprint density at radius 1 is 1.27 bits per heavy atom. The average molecular weight is 202 g/mol. The molecule has 1 aromatic heterocycles. The number of rotatable bonds is 3. The Hall–Kier alpha value is -1.68. The lowest BCUT2D eigenvalue weighted by Gasteiger charge is -2.05. The molecule has 0 saturated heterocycles. The predicted octanol–water partition coefficient (Wildman–Crippen LogP) is 1.29. The minimum Gasteiger partial charge on any atom is -0.324 e. The smallest absolute Gasteiger partial charge is 0.151 e. The van der Waals surface area contributed by atoms with Crippen LogP contribution >= 0.6 is 0 Å². The van der Waals surface area contributed by atoms with E-state index in [1.54, 1.807) is 6.33 Å². The van der Waals surface area contributed by atoms with E-state index < -0.39 is 0 Å². The first kappa shape index (κ1) is 9.86. The zero-order valence-corrected chi connectivity index (χ0v) is 8.72. The lowest BCUT2D eigenvalue weighted by molar-refractivity contribution is 0.859. The number of aryl methyl sites for hydroxylation is 1. The molecule has 0 unspecified atom stereocenters. The van der Waals surface area contributed by atoms with Gasteiger partial charge in [-0.2, -0.15) is 0 Å². The van der Waals surface area contributed by atoms with Gasteiger partial charge in [-0.25, -0.2) is 0 Å². The molecule has 0 aliphatic rings. The molecule has 0 saturated carbocycles. The molecule has 15 heavy (non-hydrogen) atoms. The summed E-state index contributed by atoms with van der Waals surface area (Å²) in [5, 5.41) is 7.79. The van der Waals surface area contributed by atoms with Crippen LogP contribution in [0.3, 0.4) is 0 Å². The molecular formula is C11H14N4. The van der Waals surface area contributed by atoms with Crippen molar-refractivity contribution in [2.75, 3.05) is 0 Å². The number of aromatic nitrogens is 3. The fraction of sp³-hybridized carbons (Fsp3) is 0.273. The average Bonchev–Trinajstić information content (AvgIpc) is 2.77. The second-order valence-electron chi connectivity index (χ2n) is 3.34. The predicted molar refractivity (Wildman–Crippen MR) is 58.6 cm³/mol. The van der Waals surface area contributed by atoms with Crippen LogP contribution in [0.15, 0.2) is 30.6 Å². The van der Waals surface area contributed by atoms with Gasteiger partial charge in [-0.15, -0.1) is 10.2 Å². The van der Waals surface area contributed by atoms with Crippen LogP contribution in [-0.2, 0) is 13.0 Å². The Morgan fingerprint density at radius 2 is 2.00 bits per heavy atom. The van der Waals surface area contributed by atoms with Crippen molar-refractivity contribution >= 4 is 0 Å². The van der Waals surface area contributed by atoms with Crippen LogP contribution in [0.5, 0.6) is 0 Å². The monoisotopic (exact) mass is 202 g/mol. The molecule has 2 rings (SSSR count). The number of hydrogen-bond donors (Lipinski definition) is 1. The zero-order chi connectivity index (χ0) is 10.7. The van der Waals surface area contributed by atoms with E-state index in [-0.39, 0.29) is 0 Å². The Labute approximate surface area is 88.8 Å². The van der Waals surface area contributed by atoms with E-state index in [9.17, 15) is 0 Å². The highest BCUT2D eigenvalue weighted by Crippen LogP contribution is 2.11. The van der Waals surface area contributed by atoms with Crippen molar-refractivity contribution in [1.82, 2.24) is 14.8 Å². The summed E-state index contributed by atoms with van der Waals surface area (Å²) < 4.78 is 1.90. The Balaban J connectivity index is 2.37. The van der Waals surface area contributed by atoms with Gasteiger partial charge in [-0.05, 0) is 24.1 Å². The van der Waals surface area contributed by atoms with Gasteiger partial charge in [0.15, 0.2) is 5.82 Å². The standard InChI is InChI=1S/C11H14N4/c1-2-9-3-5-10(6-4-9)15-8-13-14-11(15)7-12/h3-6,8H,2,7,12H2,1H3. The van der Waals surface area contributed by atoms with Crippen molar-refractivity contribution in [2.45, 2.75) is 19.9 Å². The summed E-state index contributed by atoms with van der Waals surface area (Å²) in [5.74, 6) is 0.777. The van der Waals surface area contributed by atoms with Gasteiger partial charge in [0.05, 0.1) is 6.54 Å². The van der Waals surface area contributed by atoms with Crippen molar-refractivity contribution in [3.05, 3.63) is 42.0 Å². The fourth-order valence-corrected chi connectivity index (χ4v) is 1.51. The van der Waals surface area contributed by atoms with Crippen LogP contribution in [-0.4, -0.2) is 14.8 Å². The van der Waals surface area contributed by atoms with E-state index >= 15 is 0 Å². The largest absolute Gasteiger partial charge is 0.324 e. The van der Waals surface area contributed by atoms with E-state index in [2.05, 4.69) is 41.4 Å². The van der Waals surface area contributed by atoms with Crippen molar-refractivity contribution in [3.63, 3.8) is 0 Å². The molecule has 0 atom stereocenters. The summed E-state index contributed by atoms with van der Waals surface area (Å²) in [6, 6.07) is 8.33. The highest BCUT2D eigenvalue weighted by atomic mass is 15.3. The van der Waals surface area contributed by atoms with Gasteiger partial charge in [-0.1, -0.05) is 19.1 Å². The summed E-state index contributed by atoms with van der Waals surface area (Å²) in [4.78, 5) is 0. The van der Waals surface area contributed by atoms with Gasteiger partial charge < -0.3 is 5.73 Å². The van der Waals surface area contributed by atoms with Gasteiger partial charge in [0.2, 0.25) is 0 Å². The molecule has 78 valence electrons. The second kappa shape index (κ2) is 4.23. The van der Waals surface area contributed by atoms with Gasteiger partial charge in [-0.3, -0.25) is 4.57 Å². The summed E-state index contributed by atoms with van der Waals surface area (Å²) in [6.07, 6.45) is 2.73. The van der Waals surface area contributed by atoms with E-state index in [0.717, 1.165) is 17.9 Å². The van der Waals surface area contributed by atoms with Crippen LogP contribution < -0.4 is 5.73 Å². The molecule has 0 fully saturated rings. The molecule has 0 radical (unpaired) electrons. The Bertz CT molecular complexity index is 430. The molecule has 2 aromatic rings. The fourth-order valence-electron chi connectivity index (χ4n) is 1.51. The van der Waals surface area contributed by atoms with Crippen LogP contribution in [0, 0.1) is 0 Å². The van der Waals surface area contributed by atoms with E-state index in [4.69, 9.17) is 5.73 Å². The summed E-state index contributed by atoms with van der Waals surface area (Å²) in [5.41, 5.74) is 7.94. The zero-order valence-electron chi connectivity index (χ0n) is 8.72. The van der Waals surface area contributed by atoms with Crippen LogP contribution in [0.25, 0.3) is 5.69 Å². The Kier molecular flexibility index (Phi) is 2.78. The van der Waals surface area contributed by atoms with Gasteiger partial charge >= 0.3 is 0 Å². The molecule has 4 nitrogen and oxygen atoms in total. The SMILES string of the molecule is CCc1ccc(-n2cnnc2CN)cc1. The lowest BCUT2D eigenvalue weighted by atomic mass is 10.1. The minimum atomic E-state index is 0.398. The van der Waals surface area contributed by atoms with Gasteiger partial charge in [0.25, 0.3) is 0 Å². The maximum atomic E-state index is 5.57. The van der Waals surface area contributed by atoms with E-state index in [0.29, 0.717) is 6.54 Å². The van der Waals surface area contributed by atoms with E-state index in [1.807, 2.05) is 4.57 Å². The molecule has 0 aliphatic heterocycles. The molecule has 0 spiro atoms. The van der Waals surface area contributed by atoms with Crippen molar-refractivity contribution in [2.24, 2.45) is 5.73 Å². The molecule has 0 amide bonds. The lowest BCUT2D eigenvalue weighted by Crippen LogP contribution is -2.06. The molecule has 2 N–H and O–H groups in total. The van der Waals surface area contributed by atoms with Crippen molar-refractivity contribution in [1.29, 1.82) is 0 Å². The quantitative estimate of drug-likeness (QED) is 0.815. The molecule has 4 heteroatoms. The van der Waals surface area contributed by atoms with Crippen molar-refractivity contribution < 1.29 is 0 Å². The van der Waals surface area contributed by atoms with Crippen LogP contribution in [0.4, 0.5) is 0 Å². The summed E-state index contributed by atoms with van der Waals surface area (Å²) >= 11 is 0. The first-order valence-corrected chi connectivity index (χ1v) is 5.03. The van der Waals surface area contributed by atoms with Gasteiger partial charge in [0, 0.05) is 5.69 Å². The summed E-state index contributed by atoms with van der Waals surface area (Å²) in [6.45, 7) is 2.54. The number of hydrogen-bond acceptors (Lipinski definition) is 3. The minimum absolute atomic E-state index is 0.398. The first-order valence-electron chi connectivity index (χ1n) is 5.03. The number of nitrogens with zero attached hydrogens (tertiary/aromatic N) is 3. The third kappa shape index (κ3) is 1.89. The second-order valence-corrected chi connectivity index (χ2v) is 3.34. The van der Waals surface area contributed by atoms with Crippen LogP contribution in [0.2, 0.25) is 0 Å². The molecule has 0 bridgehead atoms. The van der Waals surface area contributed by atoms with Gasteiger partial charge in [0.1, 0.15) is 6.33 Å². The molecule has 1 heterocycles.